The van der Waals surface area contributed by atoms with Crippen LogP contribution < -0.4 is 15.5 Å². The maximum atomic E-state index is 12.6. The quantitative estimate of drug-likeness (QED) is 0.855. The summed E-state index contributed by atoms with van der Waals surface area (Å²) >= 11 is 6.26. The summed E-state index contributed by atoms with van der Waals surface area (Å²) in [5, 5.41) is 2.89. The summed E-state index contributed by atoms with van der Waals surface area (Å²) in [5.74, 6) is -0.0999. The first-order valence-corrected chi connectivity index (χ1v) is 7.58. The van der Waals surface area contributed by atoms with Crippen molar-refractivity contribution in [1.82, 2.24) is 9.88 Å². The number of benzene rings is 1. The lowest BCUT2D eigenvalue weighted by Gasteiger charge is -2.17. The molecular weight excluding hydrogens is 316 g/mol. The van der Waals surface area contributed by atoms with Gasteiger partial charge >= 0.3 is 0 Å². The summed E-state index contributed by atoms with van der Waals surface area (Å²) in [6.45, 7) is 3.58. The Balaban J connectivity index is 2.34. The van der Waals surface area contributed by atoms with Crippen LogP contribution in [0.1, 0.15) is 23.7 Å². The van der Waals surface area contributed by atoms with Gasteiger partial charge in [0.15, 0.2) is 5.15 Å². The summed E-state index contributed by atoms with van der Waals surface area (Å²) in [6, 6.07) is 9.52. The second kappa shape index (κ2) is 7.33. The normalized spacial score (nSPS) is 10.4. The molecule has 0 spiro atoms. The molecule has 1 amide bonds. The van der Waals surface area contributed by atoms with Gasteiger partial charge in [-0.1, -0.05) is 41.9 Å². The lowest BCUT2D eigenvalue weighted by Crippen LogP contribution is -2.27. The Morgan fingerprint density at radius 2 is 1.96 bits per heavy atom. The lowest BCUT2D eigenvalue weighted by atomic mass is 10.1. The highest BCUT2D eigenvalue weighted by atomic mass is 35.5. The van der Waals surface area contributed by atoms with Crippen LogP contribution in [0.25, 0.3) is 0 Å². The zero-order chi connectivity index (χ0) is 17.0. The Hall–Kier alpha value is -2.27. The SMILES string of the molecule is CC(=O)NCc1c(C)n(C)c(Cl)c(OCc2ccccc2)c1=O. The lowest BCUT2D eigenvalue weighted by molar-refractivity contribution is -0.119. The van der Waals surface area contributed by atoms with Gasteiger partial charge in [0, 0.05) is 31.8 Å². The second-order valence-electron chi connectivity index (χ2n) is 5.26. The molecule has 0 unspecified atom stereocenters. The van der Waals surface area contributed by atoms with Gasteiger partial charge in [0.2, 0.25) is 17.1 Å². The van der Waals surface area contributed by atoms with Crippen molar-refractivity contribution in [2.24, 2.45) is 7.05 Å². The number of nitrogens with one attached hydrogen (secondary N) is 1. The van der Waals surface area contributed by atoms with Crippen LogP contribution in [0.15, 0.2) is 35.1 Å². The summed E-state index contributed by atoms with van der Waals surface area (Å²) in [7, 11) is 1.75. The minimum Gasteiger partial charge on any atom is -0.482 e. The van der Waals surface area contributed by atoms with Gasteiger partial charge in [0.05, 0.1) is 0 Å². The number of nitrogens with zero attached hydrogens (tertiary/aromatic N) is 1. The van der Waals surface area contributed by atoms with Crippen molar-refractivity contribution in [3.05, 3.63) is 62.5 Å². The van der Waals surface area contributed by atoms with E-state index in [1.54, 1.807) is 18.5 Å². The fourth-order valence-electron chi connectivity index (χ4n) is 2.17. The third kappa shape index (κ3) is 3.93. The minimum atomic E-state index is -0.296. The number of halogens is 1. The molecule has 1 N–H and O–H groups in total. The maximum Gasteiger partial charge on any atom is 0.230 e. The minimum absolute atomic E-state index is 0.101. The Morgan fingerprint density at radius 3 is 2.57 bits per heavy atom. The van der Waals surface area contributed by atoms with Crippen LogP contribution in [0.5, 0.6) is 5.75 Å². The van der Waals surface area contributed by atoms with Crippen molar-refractivity contribution in [1.29, 1.82) is 0 Å². The monoisotopic (exact) mass is 334 g/mol. The van der Waals surface area contributed by atoms with E-state index in [1.807, 2.05) is 30.3 Å². The molecule has 5 nitrogen and oxygen atoms in total. The number of hydrogen-bond acceptors (Lipinski definition) is 3. The zero-order valence-electron chi connectivity index (χ0n) is 13.4. The number of carbonyl (C=O) groups is 1. The first kappa shape index (κ1) is 17.1. The smallest absolute Gasteiger partial charge is 0.230 e. The molecule has 0 fully saturated rings. The van der Waals surface area contributed by atoms with Crippen LogP contribution in [-0.2, 0) is 25.0 Å². The fourth-order valence-corrected chi connectivity index (χ4v) is 2.44. The van der Waals surface area contributed by atoms with Gasteiger partial charge in [0.1, 0.15) is 6.61 Å². The predicted octanol–water partition coefficient (Wildman–Crippen LogP) is 2.56. The highest BCUT2D eigenvalue weighted by Gasteiger charge is 2.18. The molecule has 2 aromatic rings. The molecule has 6 heteroatoms. The molecule has 0 radical (unpaired) electrons. The molecule has 0 atom stereocenters. The molecule has 1 aromatic carbocycles. The van der Waals surface area contributed by atoms with Crippen LogP contribution in [0, 0.1) is 6.92 Å². The van der Waals surface area contributed by atoms with E-state index in [9.17, 15) is 9.59 Å². The fraction of sp³-hybridized carbons (Fsp3) is 0.294. The zero-order valence-corrected chi connectivity index (χ0v) is 14.1. The van der Waals surface area contributed by atoms with E-state index in [1.165, 1.54) is 6.92 Å². The van der Waals surface area contributed by atoms with Gasteiger partial charge < -0.3 is 14.6 Å². The van der Waals surface area contributed by atoms with Crippen molar-refractivity contribution in [3.8, 4) is 5.75 Å². The predicted molar refractivity (Wildman–Crippen MR) is 89.7 cm³/mol. The van der Waals surface area contributed by atoms with E-state index in [0.717, 1.165) is 5.56 Å². The van der Waals surface area contributed by atoms with E-state index in [-0.39, 0.29) is 35.4 Å². The number of carbonyl (C=O) groups excluding carboxylic acids is 1. The Labute approximate surface area is 139 Å². The highest BCUT2D eigenvalue weighted by Crippen LogP contribution is 2.23. The number of rotatable bonds is 5. The first-order chi connectivity index (χ1) is 10.9. The van der Waals surface area contributed by atoms with E-state index >= 15 is 0 Å². The molecular formula is C17H19ClN2O3. The first-order valence-electron chi connectivity index (χ1n) is 7.21. The molecule has 0 aliphatic carbocycles. The number of ether oxygens (including phenoxy) is 1. The Morgan fingerprint density at radius 1 is 1.30 bits per heavy atom. The average molecular weight is 335 g/mol. The van der Waals surface area contributed by atoms with Gasteiger partial charge in [-0.3, -0.25) is 9.59 Å². The number of hydrogen-bond donors (Lipinski definition) is 1. The standard InChI is InChI=1S/C17H19ClN2O3/c1-11-14(9-19-12(2)21)15(22)16(17(18)20(11)3)23-10-13-7-5-4-6-8-13/h4-8H,9-10H2,1-3H3,(H,19,21). The van der Waals surface area contributed by atoms with E-state index in [2.05, 4.69) is 5.32 Å². The van der Waals surface area contributed by atoms with Crippen molar-refractivity contribution in [2.45, 2.75) is 27.0 Å². The second-order valence-corrected chi connectivity index (χ2v) is 5.61. The topological polar surface area (TPSA) is 60.3 Å². The van der Waals surface area contributed by atoms with Gasteiger partial charge in [-0.25, -0.2) is 0 Å². The highest BCUT2D eigenvalue weighted by molar-refractivity contribution is 6.31. The van der Waals surface area contributed by atoms with Crippen molar-refractivity contribution in [3.63, 3.8) is 0 Å². The number of aromatic nitrogens is 1. The van der Waals surface area contributed by atoms with Gasteiger partial charge in [-0.05, 0) is 12.5 Å². The van der Waals surface area contributed by atoms with Crippen LogP contribution in [-0.4, -0.2) is 10.5 Å². The summed E-state index contributed by atoms with van der Waals surface area (Å²) in [6.07, 6.45) is 0. The third-order valence-electron chi connectivity index (χ3n) is 3.64. The largest absolute Gasteiger partial charge is 0.482 e. The van der Waals surface area contributed by atoms with Gasteiger partial charge in [-0.15, -0.1) is 0 Å². The Bertz CT molecular complexity index is 770. The number of amides is 1. The van der Waals surface area contributed by atoms with Crippen molar-refractivity contribution >= 4 is 17.5 Å². The van der Waals surface area contributed by atoms with E-state index < -0.39 is 0 Å². The van der Waals surface area contributed by atoms with Gasteiger partial charge in [0.25, 0.3) is 0 Å². The molecule has 122 valence electrons. The molecule has 0 aliphatic heterocycles. The van der Waals surface area contributed by atoms with Crippen molar-refractivity contribution < 1.29 is 9.53 Å². The van der Waals surface area contributed by atoms with Crippen LogP contribution in [0.4, 0.5) is 0 Å². The molecule has 23 heavy (non-hydrogen) atoms. The molecule has 2 rings (SSSR count). The van der Waals surface area contributed by atoms with Crippen LogP contribution in [0.2, 0.25) is 5.15 Å². The van der Waals surface area contributed by atoms with Crippen LogP contribution >= 0.6 is 11.6 Å². The summed E-state index contributed by atoms with van der Waals surface area (Å²) in [4.78, 5) is 23.7. The van der Waals surface area contributed by atoms with Gasteiger partial charge in [-0.2, -0.15) is 0 Å². The molecule has 1 aromatic heterocycles. The number of pyridine rings is 1. The van der Waals surface area contributed by atoms with Crippen LogP contribution in [0.3, 0.4) is 0 Å². The Kier molecular flexibility index (Phi) is 5.45. The molecule has 0 bridgehead atoms. The summed E-state index contributed by atoms with van der Waals surface area (Å²) in [5.41, 5.74) is 1.81. The molecule has 0 aliphatic rings. The molecule has 0 saturated heterocycles. The maximum absolute atomic E-state index is 12.6. The van der Waals surface area contributed by atoms with E-state index in [0.29, 0.717) is 11.3 Å². The third-order valence-corrected chi connectivity index (χ3v) is 4.07. The van der Waals surface area contributed by atoms with E-state index in [4.69, 9.17) is 16.3 Å². The molecule has 1 heterocycles. The van der Waals surface area contributed by atoms with Crippen molar-refractivity contribution in [2.75, 3.05) is 0 Å². The summed E-state index contributed by atoms with van der Waals surface area (Å²) < 4.78 is 7.34. The average Bonchev–Trinajstić information content (AvgIpc) is 2.53. The molecule has 0 saturated carbocycles.